The maximum absolute atomic E-state index is 12.6. The molecule has 20 heavy (non-hydrogen) atoms. The van der Waals surface area contributed by atoms with Crippen LogP contribution in [0.2, 0.25) is 0 Å². The van der Waals surface area contributed by atoms with Crippen LogP contribution in [0.5, 0.6) is 0 Å². The lowest BCUT2D eigenvalue weighted by molar-refractivity contribution is -0.149. The summed E-state index contributed by atoms with van der Waals surface area (Å²) in [6, 6.07) is 7.56. The molecule has 1 aliphatic heterocycles. The molecule has 0 spiro atoms. The third kappa shape index (κ3) is 2.42. The van der Waals surface area contributed by atoms with Crippen LogP contribution in [0.1, 0.15) is 17.5 Å². The van der Waals surface area contributed by atoms with Gasteiger partial charge in [0.2, 0.25) is 5.91 Å². The first-order valence-corrected chi connectivity index (χ1v) is 8.00. The van der Waals surface area contributed by atoms with Crippen molar-refractivity contribution in [3.05, 3.63) is 35.4 Å². The Morgan fingerprint density at radius 3 is 2.75 bits per heavy atom. The number of fused-ring (bicyclic) bond motifs is 1. The maximum Gasteiger partial charge on any atom is 0.327 e. The van der Waals surface area contributed by atoms with Crippen LogP contribution < -0.4 is 0 Å². The smallest absolute Gasteiger partial charge is 0.327 e. The lowest BCUT2D eigenvalue weighted by atomic mass is 9.83. The van der Waals surface area contributed by atoms with Crippen molar-refractivity contribution in [3.63, 3.8) is 0 Å². The highest BCUT2D eigenvalue weighted by molar-refractivity contribution is 7.99. The number of hydrogen-bond acceptors (Lipinski definition) is 3. The quantitative estimate of drug-likeness (QED) is 0.902. The van der Waals surface area contributed by atoms with Crippen LogP contribution in [0.3, 0.4) is 0 Å². The van der Waals surface area contributed by atoms with Gasteiger partial charge in [0.05, 0.1) is 5.88 Å². The minimum Gasteiger partial charge on any atom is -0.480 e. The van der Waals surface area contributed by atoms with Gasteiger partial charge in [-0.2, -0.15) is 0 Å². The number of carbonyl (C=O) groups is 2. The molecule has 1 saturated heterocycles. The van der Waals surface area contributed by atoms with E-state index in [2.05, 4.69) is 12.1 Å². The van der Waals surface area contributed by atoms with Crippen molar-refractivity contribution in [1.82, 2.24) is 4.90 Å². The molecule has 1 fully saturated rings. The van der Waals surface area contributed by atoms with Gasteiger partial charge in [0.25, 0.3) is 0 Å². The highest BCUT2D eigenvalue weighted by Crippen LogP contribution is 2.30. The molecule has 0 saturated carbocycles. The number of carboxylic acid groups (broad SMARTS) is 1. The SMILES string of the molecule is O=C(O)[C@@H]1CSCN1C(=O)C1CCc2ccccc2C1. The van der Waals surface area contributed by atoms with E-state index in [0.717, 1.165) is 19.3 Å². The zero-order valence-electron chi connectivity index (χ0n) is 11.1. The molecule has 3 rings (SSSR count). The third-order valence-corrected chi connectivity index (χ3v) is 5.16. The number of aliphatic carboxylic acids is 1. The number of thioether (sulfide) groups is 1. The highest BCUT2D eigenvalue weighted by Gasteiger charge is 2.38. The van der Waals surface area contributed by atoms with E-state index in [-0.39, 0.29) is 11.8 Å². The predicted octanol–water partition coefficient (Wildman–Crippen LogP) is 1.78. The van der Waals surface area contributed by atoms with Gasteiger partial charge >= 0.3 is 5.97 Å². The van der Waals surface area contributed by atoms with Crippen LogP contribution in [0, 0.1) is 5.92 Å². The van der Waals surface area contributed by atoms with Gasteiger partial charge in [-0.3, -0.25) is 4.79 Å². The number of nitrogens with zero attached hydrogens (tertiary/aromatic N) is 1. The lowest BCUT2D eigenvalue weighted by Gasteiger charge is -2.29. The molecule has 1 unspecified atom stereocenters. The van der Waals surface area contributed by atoms with Crippen LogP contribution in [0.25, 0.3) is 0 Å². The van der Waals surface area contributed by atoms with Crippen molar-refractivity contribution >= 4 is 23.6 Å². The Bertz CT molecular complexity index is 546. The summed E-state index contributed by atoms with van der Waals surface area (Å²) in [6.45, 7) is 0. The van der Waals surface area contributed by atoms with Crippen LogP contribution in [0.15, 0.2) is 24.3 Å². The third-order valence-electron chi connectivity index (χ3n) is 4.15. The number of carboxylic acids is 1. The molecule has 0 aromatic heterocycles. The van der Waals surface area contributed by atoms with Crippen LogP contribution >= 0.6 is 11.8 Å². The molecular weight excluding hydrogens is 274 g/mol. The number of hydrogen-bond donors (Lipinski definition) is 1. The van der Waals surface area contributed by atoms with Crippen molar-refractivity contribution in [1.29, 1.82) is 0 Å². The molecular formula is C15H17NO3S. The summed E-state index contributed by atoms with van der Waals surface area (Å²) in [5.74, 6) is 0.0696. The molecule has 4 nitrogen and oxygen atoms in total. The zero-order chi connectivity index (χ0) is 14.1. The highest BCUT2D eigenvalue weighted by atomic mass is 32.2. The number of carbonyl (C=O) groups excluding carboxylic acids is 1. The number of aryl methyl sites for hydroxylation is 1. The van der Waals surface area contributed by atoms with E-state index in [1.54, 1.807) is 4.90 Å². The molecule has 1 N–H and O–H groups in total. The van der Waals surface area contributed by atoms with E-state index in [9.17, 15) is 14.7 Å². The van der Waals surface area contributed by atoms with Crippen LogP contribution in [-0.2, 0) is 22.4 Å². The molecule has 1 aliphatic carbocycles. The average molecular weight is 291 g/mol. The Kier molecular flexibility index (Phi) is 3.70. The molecule has 106 valence electrons. The monoisotopic (exact) mass is 291 g/mol. The van der Waals surface area contributed by atoms with E-state index in [1.165, 1.54) is 22.9 Å². The minimum atomic E-state index is -0.889. The second-order valence-corrected chi connectivity index (χ2v) is 6.37. The summed E-state index contributed by atoms with van der Waals surface area (Å²) in [5.41, 5.74) is 2.55. The average Bonchev–Trinajstić information content (AvgIpc) is 2.95. The van der Waals surface area contributed by atoms with E-state index >= 15 is 0 Å². The number of benzene rings is 1. The fourth-order valence-electron chi connectivity index (χ4n) is 3.01. The molecule has 0 radical (unpaired) electrons. The predicted molar refractivity (Wildman–Crippen MR) is 77.6 cm³/mol. The topological polar surface area (TPSA) is 57.6 Å². The molecule has 2 aliphatic rings. The van der Waals surface area contributed by atoms with Gasteiger partial charge in [0, 0.05) is 11.7 Å². The second kappa shape index (κ2) is 5.48. The normalized spacial score (nSPS) is 25.3. The fourth-order valence-corrected chi connectivity index (χ4v) is 4.16. The molecule has 1 heterocycles. The molecule has 1 aromatic carbocycles. The fraction of sp³-hybridized carbons (Fsp3) is 0.467. The minimum absolute atomic E-state index is 0.0110. The van der Waals surface area contributed by atoms with Crippen LogP contribution in [0.4, 0.5) is 0 Å². The zero-order valence-corrected chi connectivity index (χ0v) is 11.9. The maximum atomic E-state index is 12.6. The summed E-state index contributed by atoms with van der Waals surface area (Å²) < 4.78 is 0. The van der Waals surface area contributed by atoms with Gasteiger partial charge < -0.3 is 10.0 Å². The Hall–Kier alpha value is -1.49. The van der Waals surface area contributed by atoms with Crippen molar-refractivity contribution in [2.24, 2.45) is 5.92 Å². The summed E-state index contributed by atoms with van der Waals surface area (Å²) >= 11 is 1.52. The number of amides is 1. The van der Waals surface area contributed by atoms with Gasteiger partial charge in [-0.25, -0.2) is 4.79 Å². The van der Waals surface area contributed by atoms with Crippen LogP contribution in [-0.4, -0.2) is 39.6 Å². The largest absolute Gasteiger partial charge is 0.480 e. The Morgan fingerprint density at radius 1 is 1.25 bits per heavy atom. The van der Waals surface area contributed by atoms with Crippen molar-refractivity contribution in [2.45, 2.75) is 25.3 Å². The van der Waals surface area contributed by atoms with E-state index in [4.69, 9.17) is 0 Å². The Balaban J connectivity index is 1.74. The molecule has 1 amide bonds. The van der Waals surface area contributed by atoms with E-state index in [1.807, 2.05) is 12.1 Å². The first-order valence-electron chi connectivity index (χ1n) is 6.84. The standard InChI is InChI=1S/C15H17NO3S/c17-14(16-9-20-8-13(16)15(18)19)12-6-5-10-3-1-2-4-11(10)7-12/h1-4,12-13H,5-9H2,(H,18,19)/t12?,13-/m0/s1. The van der Waals surface area contributed by atoms with Gasteiger partial charge in [0.15, 0.2) is 0 Å². The Labute approximate surface area is 122 Å². The summed E-state index contributed by atoms with van der Waals surface area (Å²) in [6.07, 6.45) is 2.47. The summed E-state index contributed by atoms with van der Waals surface area (Å²) in [7, 11) is 0. The molecule has 2 atom stereocenters. The lowest BCUT2D eigenvalue weighted by Crippen LogP contribution is -2.45. The summed E-state index contributed by atoms with van der Waals surface area (Å²) in [5, 5.41) is 9.18. The number of rotatable bonds is 2. The second-order valence-electron chi connectivity index (χ2n) is 5.37. The van der Waals surface area contributed by atoms with Gasteiger partial charge in [-0.05, 0) is 30.4 Å². The first kappa shape index (κ1) is 13.5. The van der Waals surface area contributed by atoms with E-state index in [0.29, 0.717) is 11.6 Å². The van der Waals surface area contributed by atoms with Gasteiger partial charge in [0.1, 0.15) is 6.04 Å². The summed E-state index contributed by atoms with van der Waals surface area (Å²) in [4.78, 5) is 25.3. The molecule has 0 bridgehead atoms. The van der Waals surface area contributed by atoms with Gasteiger partial charge in [-0.15, -0.1) is 11.8 Å². The van der Waals surface area contributed by atoms with Crippen molar-refractivity contribution in [2.75, 3.05) is 11.6 Å². The first-order chi connectivity index (χ1) is 9.66. The van der Waals surface area contributed by atoms with Gasteiger partial charge in [-0.1, -0.05) is 24.3 Å². The molecule has 1 aromatic rings. The molecule has 5 heteroatoms. The van der Waals surface area contributed by atoms with Crippen molar-refractivity contribution < 1.29 is 14.7 Å². The Morgan fingerprint density at radius 2 is 2.00 bits per heavy atom. The van der Waals surface area contributed by atoms with E-state index < -0.39 is 12.0 Å². The van der Waals surface area contributed by atoms with Crippen molar-refractivity contribution in [3.8, 4) is 0 Å².